The monoisotopic (exact) mass is 220 g/mol. The van der Waals surface area contributed by atoms with Crippen molar-refractivity contribution in [3.05, 3.63) is 0 Å². The van der Waals surface area contributed by atoms with Gasteiger partial charge in [-0.3, -0.25) is 0 Å². The number of hydrogen-bond acceptors (Lipinski definition) is 6. The fourth-order valence-electron chi connectivity index (χ4n) is 0.618. The van der Waals surface area contributed by atoms with Gasteiger partial charge in [0.2, 0.25) is 0 Å². The summed E-state index contributed by atoms with van der Waals surface area (Å²) in [7, 11) is 0. The quantitative estimate of drug-likeness (QED) is 0.247. The van der Waals surface area contributed by atoms with Crippen LogP contribution in [0.5, 0.6) is 0 Å². The molecular weight excluding hydrogens is 207 g/mol. The Morgan fingerprint density at radius 1 is 1.08 bits per heavy atom. The van der Waals surface area contributed by atoms with E-state index in [1.807, 2.05) is 0 Å². The number of hydrogen-bond donors (Lipinski definition) is 5. The van der Waals surface area contributed by atoms with Crippen molar-refractivity contribution in [3.8, 4) is 0 Å². The Balaban J connectivity index is 0. The van der Waals surface area contributed by atoms with E-state index in [-0.39, 0.29) is 29.6 Å². The summed E-state index contributed by atoms with van der Waals surface area (Å²) in [5, 5.41) is 44.9. The number of rotatable bonds is 5. The van der Waals surface area contributed by atoms with E-state index >= 15 is 0 Å². The van der Waals surface area contributed by atoms with Crippen LogP contribution in [0.2, 0.25) is 0 Å². The summed E-state index contributed by atoms with van der Waals surface area (Å²) >= 11 is 4.30. The van der Waals surface area contributed by atoms with E-state index in [1.165, 1.54) is 0 Å². The van der Waals surface area contributed by atoms with Crippen LogP contribution >= 0.6 is 12.2 Å². The topological polar surface area (TPSA) is 101 Å². The molecule has 0 aromatic rings. The molecule has 0 heterocycles. The van der Waals surface area contributed by atoms with Gasteiger partial charge in [0.15, 0.2) is 0 Å². The molecule has 0 aromatic carbocycles. The van der Waals surface area contributed by atoms with Crippen molar-refractivity contribution in [2.75, 3.05) is 6.61 Å². The van der Waals surface area contributed by atoms with Gasteiger partial charge >= 0.3 is 29.6 Å². The van der Waals surface area contributed by atoms with Crippen LogP contribution < -0.4 is 0 Å². The van der Waals surface area contributed by atoms with Crippen LogP contribution in [0.25, 0.3) is 0 Å². The van der Waals surface area contributed by atoms with E-state index in [0.29, 0.717) is 0 Å². The van der Waals surface area contributed by atoms with E-state index in [9.17, 15) is 0 Å². The summed E-state index contributed by atoms with van der Waals surface area (Å²) in [5.41, 5.74) is 0. The Morgan fingerprint density at radius 2 is 1.54 bits per heavy atom. The van der Waals surface area contributed by atoms with Gasteiger partial charge in [-0.1, -0.05) is 12.2 Å². The van der Waals surface area contributed by atoms with Crippen molar-refractivity contribution in [2.24, 2.45) is 0 Å². The minimum atomic E-state index is -1.61. The van der Waals surface area contributed by atoms with Gasteiger partial charge in [0.05, 0.1) is 6.61 Å². The van der Waals surface area contributed by atoms with E-state index in [2.05, 4.69) is 12.2 Å². The first-order chi connectivity index (χ1) is 5.54. The molecule has 0 amide bonds. The molecule has 5 nitrogen and oxygen atoms in total. The molecule has 0 fully saturated rings. The van der Waals surface area contributed by atoms with E-state index in [0.717, 1.165) is 5.37 Å². The zero-order valence-electron chi connectivity index (χ0n) is 6.24. The Kier molecular flexibility index (Phi) is 10.3. The first-order valence-corrected chi connectivity index (χ1v) is 3.80. The fourth-order valence-corrected chi connectivity index (χ4v) is 0.779. The van der Waals surface area contributed by atoms with Crippen LogP contribution in [0.1, 0.15) is 0 Å². The number of thiocarbonyl (C=S) groups is 1. The first-order valence-electron chi connectivity index (χ1n) is 3.33. The van der Waals surface area contributed by atoms with E-state index in [4.69, 9.17) is 25.5 Å². The molecule has 7 heteroatoms. The van der Waals surface area contributed by atoms with Gasteiger partial charge < -0.3 is 25.5 Å². The summed E-state index contributed by atoms with van der Waals surface area (Å²) in [4.78, 5) is 0. The second-order valence-electron chi connectivity index (χ2n) is 2.36. The maximum atomic E-state index is 9.02. The van der Waals surface area contributed by atoms with Crippen molar-refractivity contribution < 1.29 is 25.5 Å². The van der Waals surface area contributed by atoms with Crippen LogP contribution in [-0.2, 0) is 0 Å². The van der Waals surface area contributed by atoms with Gasteiger partial charge in [0, 0.05) is 5.37 Å². The number of aliphatic hydroxyl groups is 5. The van der Waals surface area contributed by atoms with Crippen LogP contribution in [0, 0.1) is 0 Å². The van der Waals surface area contributed by atoms with Gasteiger partial charge in [-0.05, 0) is 0 Å². The van der Waals surface area contributed by atoms with Crippen molar-refractivity contribution in [3.63, 3.8) is 0 Å². The fraction of sp³-hybridized carbons (Fsp3) is 0.833. The van der Waals surface area contributed by atoms with Crippen LogP contribution in [0.15, 0.2) is 0 Å². The second kappa shape index (κ2) is 8.22. The molecule has 5 N–H and O–H groups in total. The van der Waals surface area contributed by atoms with Crippen LogP contribution in [-0.4, -0.2) is 91.5 Å². The molecule has 13 heavy (non-hydrogen) atoms. The molecule has 0 rings (SSSR count). The van der Waals surface area contributed by atoms with Crippen LogP contribution in [0.4, 0.5) is 0 Å². The zero-order valence-corrected chi connectivity index (χ0v) is 7.05. The Labute approximate surface area is 103 Å². The van der Waals surface area contributed by atoms with Crippen LogP contribution in [0.3, 0.4) is 0 Å². The molecule has 4 atom stereocenters. The molecule has 0 aromatic heterocycles. The molecule has 74 valence electrons. The third kappa shape index (κ3) is 5.36. The maximum absolute atomic E-state index is 9.02. The average molecular weight is 220 g/mol. The molecule has 0 aliphatic carbocycles. The van der Waals surface area contributed by atoms with Gasteiger partial charge in [-0.2, -0.15) is 0 Å². The van der Waals surface area contributed by atoms with E-state index in [1.54, 1.807) is 0 Å². The zero-order chi connectivity index (χ0) is 9.72. The summed E-state index contributed by atoms with van der Waals surface area (Å²) in [6.07, 6.45) is -6.06. The third-order valence-electron chi connectivity index (χ3n) is 1.42. The molecule has 0 spiro atoms. The summed E-state index contributed by atoms with van der Waals surface area (Å²) < 4.78 is 0. The van der Waals surface area contributed by atoms with Crippen molar-refractivity contribution in [1.82, 2.24) is 0 Å². The Bertz CT molecular complexity index is 147. The van der Waals surface area contributed by atoms with Gasteiger partial charge in [0.1, 0.15) is 24.4 Å². The molecule has 0 saturated carbocycles. The molecule has 0 saturated heterocycles. The normalized spacial score (nSPS) is 19.5. The molecule has 0 unspecified atom stereocenters. The van der Waals surface area contributed by atoms with E-state index < -0.39 is 31.0 Å². The molecule has 0 bridgehead atoms. The predicted molar refractivity (Wildman–Crippen MR) is 51.9 cm³/mol. The van der Waals surface area contributed by atoms with Gasteiger partial charge in [-0.25, -0.2) is 0 Å². The van der Waals surface area contributed by atoms with Gasteiger partial charge in [-0.15, -0.1) is 0 Å². The first kappa shape index (κ1) is 16.3. The molecule has 0 aliphatic heterocycles. The molecular formula is C6H13NaO5S. The third-order valence-corrected chi connectivity index (χ3v) is 1.70. The van der Waals surface area contributed by atoms with Crippen molar-refractivity contribution in [2.45, 2.75) is 24.4 Å². The molecule has 0 radical (unpaired) electrons. The summed E-state index contributed by atoms with van der Waals surface area (Å²) in [6, 6.07) is 0. The number of aliphatic hydroxyl groups excluding tert-OH is 5. The summed E-state index contributed by atoms with van der Waals surface area (Å²) in [6.45, 7) is -0.692. The van der Waals surface area contributed by atoms with Gasteiger partial charge in [0.25, 0.3) is 0 Å². The van der Waals surface area contributed by atoms with Crippen molar-refractivity contribution >= 4 is 47.1 Å². The minimum absolute atomic E-state index is 0. The Hall–Kier alpha value is 0.890. The molecule has 0 aliphatic rings. The predicted octanol–water partition coefficient (Wildman–Crippen LogP) is -3.23. The summed E-state index contributed by atoms with van der Waals surface area (Å²) in [5.74, 6) is 0. The average Bonchev–Trinajstić information content (AvgIpc) is 2.12. The van der Waals surface area contributed by atoms with Crippen molar-refractivity contribution in [1.29, 1.82) is 0 Å². The second-order valence-corrected chi connectivity index (χ2v) is 2.63. The standard InChI is InChI=1S/C6H12O5S.Na.H/c7-1-3(8)5(10)6(11)4(9)2-12;;/h2-11H,1H2;;/t3-,4+,5-,6-;;/m1../s1. The Morgan fingerprint density at radius 3 is 1.85 bits per heavy atom. The SMILES string of the molecule is OC[C@@H](O)[C@@H](O)[C@H](O)[C@@H](O)C=S.[NaH].